The van der Waals surface area contributed by atoms with Gasteiger partial charge in [0.05, 0.1) is 0 Å². The zero-order chi connectivity index (χ0) is 12.1. The number of nitrogens with zero attached hydrogens (tertiary/aromatic N) is 3. The highest BCUT2D eigenvalue weighted by molar-refractivity contribution is 7.10. The van der Waals surface area contributed by atoms with Crippen molar-refractivity contribution in [1.29, 1.82) is 0 Å². The van der Waals surface area contributed by atoms with Gasteiger partial charge in [0, 0.05) is 28.8 Å². The lowest BCUT2D eigenvalue weighted by atomic mass is 9.96. The van der Waals surface area contributed by atoms with Gasteiger partial charge in [0.15, 0.2) is 11.6 Å². The zero-order valence-electron chi connectivity index (χ0n) is 10.6. The standard InChI is InChI=1S/C14H17N3S/c1-17-14(15-13(16-17)9-6-7-9)11-8-18-12-5-3-2-4-10(11)12/h8-9H,2-7H2,1H3. The average molecular weight is 259 g/mol. The number of hydrogen-bond donors (Lipinski definition) is 0. The number of aryl methyl sites for hydroxylation is 2. The molecule has 2 heterocycles. The molecule has 94 valence electrons. The summed E-state index contributed by atoms with van der Waals surface area (Å²) in [5, 5.41) is 6.88. The smallest absolute Gasteiger partial charge is 0.159 e. The van der Waals surface area contributed by atoms with E-state index in [4.69, 9.17) is 4.98 Å². The molecule has 0 aliphatic heterocycles. The Morgan fingerprint density at radius 3 is 2.94 bits per heavy atom. The van der Waals surface area contributed by atoms with Crippen LogP contribution in [0, 0.1) is 0 Å². The number of aromatic nitrogens is 3. The summed E-state index contributed by atoms with van der Waals surface area (Å²) in [6.45, 7) is 0. The normalized spacial score (nSPS) is 18.9. The Hall–Kier alpha value is -1.16. The average Bonchev–Trinajstić information content (AvgIpc) is 3.04. The molecule has 1 saturated carbocycles. The minimum Gasteiger partial charge on any atom is -0.249 e. The first kappa shape index (κ1) is 10.7. The summed E-state index contributed by atoms with van der Waals surface area (Å²) in [5.41, 5.74) is 2.89. The molecule has 0 N–H and O–H groups in total. The third-order valence-electron chi connectivity index (χ3n) is 4.02. The number of fused-ring (bicyclic) bond motifs is 1. The van der Waals surface area contributed by atoms with Gasteiger partial charge in [-0.3, -0.25) is 0 Å². The van der Waals surface area contributed by atoms with Crippen molar-refractivity contribution in [3.8, 4) is 11.4 Å². The summed E-state index contributed by atoms with van der Waals surface area (Å²) in [6, 6.07) is 0. The predicted octanol–water partition coefficient (Wildman–Crippen LogP) is 3.30. The van der Waals surface area contributed by atoms with Crippen LogP contribution in [0.5, 0.6) is 0 Å². The molecule has 4 heteroatoms. The van der Waals surface area contributed by atoms with E-state index in [9.17, 15) is 0 Å². The Kier molecular flexibility index (Phi) is 2.34. The Bertz CT molecular complexity index is 592. The molecule has 0 atom stereocenters. The van der Waals surface area contributed by atoms with Gasteiger partial charge in [-0.25, -0.2) is 9.67 Å². The van der Waals surface area contributed by atoms with E-state index in [0.29, 0.717) is 5.92 Å². The first-order valence-corrected chi connectivity index (χ1v) is 7.71. The highest BCUT2D eigenvalue weighted by Crippen LogP contribution is 2.40. The van der Waals surface area contributed by atoms with Crippen molar-refractivity contribution in [1.82, 2.24) is 14.8 Å². The van der Waals surface area contributed by atoms with Crippen molar-refractivity contribution in [3.63, 3.8) is 0 Å². The van der Waals surface area contributed by atoms with Crippen LogP contribution in [-0.4, -0.2) is 14.8 Å². The second-order valence-corrected chi connectivity index (χ2v) is 6.41. The fourth-order valence-corrected chi connectivity index (χ4v) is 3.96. The highest BCUT2D eigenvalue weighted by atomic mass is 32.1. The molecule has 3 nitrogen and oxygen atoms in total. The zero-order valence-corrected chi connectivity index (χ0v) is 11.5. The van der Waals surface area contributed by atoms with Crippen molar-refractivity contribution < 1.29 is 0 Å². The molecule has 0 radical (unpaired) electrons. The van der Waals surface area contributed by atoms with Crippen LogP contribution in [0.25, 0.3) is 11.4 Å². The molecule has 0 spiro atoms. The van der Waals surface area contributed by atoms with Gasteiger partial charge in [-0.15, -0.1) is 11.3 Å². The molecule has 0 bridgehead atoms. The summed E-state index contributed by atoms with van der Waals surface area (Å²) >= 11 is 1.91. The van der Waals surface area contributed by atoms with Gasteiger partial charge in [-0.1, -0.05) is 0 Å². The van der Waals surface area contributed by atoms with E-state index in [1.165, 1.54) is 44.1 Å². The number of thiophene rings is 1. The minimum absolute atomic E-state index is 0.638. The third kappa shape index (κ3) is 1.62. The Morgan fingerprint density at radius 1 is 1.28 bits per heavy atom. The van der Waals surface area contributed by atoms with Gasteiger partial charge in [-0.2, -0.15) is 5.10 Å². The van der Waals surface area contributed by atoms with Crippen LogP contribution in [0.3, 0.4) is 0 Å². The molecular weight excluding hydrogens is 242 g/mol. The molecule has 0 saturated heterocycles. The van der Waals surface area contributed by atoms with Crippen molar-refractivity contribution >= 4 is 11.3 Å². The van der Waals surface area contributed by atoms with Crippen LogP contribution in [0.2, 0.25) is 0 Å². The third-order valence-corrected chi connectivity index (χ3v) is 5.11. The quantitative estimate of drug-likeness (QED) is 0.828. The number of rotatable bonds is 2. The molecule has 18 heavy (non-hydrogen) atoms. The van der Waals surface area contributed by atoms with Crippen molar-refractivity contribution in [2.75, 3.05) is 0 Å². The van der Waals surface area contributed by atoms with E-state index in [1.807, 2.05) is 23.1 Å². The maximum atomic E-state index is 4.78. The molecule has 2 aromatic heterocycles. The van der Waals surface area contributed by atoms with Crippen LogP contribution >= 0.6 is 11.3 Å². The summed E-state index contributed by atoms with van der Waals surface area (Å²) in [5.74, 6) is 2.78. The molecule has 2 aliphatic rings. The van der Waals surface area contributed by atoms with Gasteiger partial charge in [0.2, 0.25) is 0 Å². The number of hydrogen-bond acceptors (Lipinski definition) is 3. The molecule has 1 fully saturated rings. The molecule has 2 aromatic rings. The molecular formula is C14H17N3S. The Balaban J connectivity index is 1.79. The highest BCUT2D eigenvalue weighted by Gasteiger charge is 2.29. The summed E-state index contributed by atoms with van der Waals surface area (Å²) in [4.78, 5) is 6.36. The van der Waals surface area contributed by atoms with Gasteiger partial charge in [-0.05, 0) is 44.1 Å². The van der Waals surface area contributed by atoms with Crippen LogP contribution in [0.1, 0.15) is 47.9 Å². The van der Waals surface area contributed by atoms with Crippen molar-refractivity contribution in [2.45, 2.75) is 44.4 Å². The second kappa shape index (κ2) is 3.92. The lowest BCUT2D eigenvalue weighted by molar-refractivity contribution is 0.695. The van der Waals surface area contributed by atoms with Crippen LogP contribution in [0.4, 0.5) is 0 Å². The van der Waals surface area contributed by atoms with E-state index < -0.39 is 0 Å². The maximum Gasteiger partial charge on any atom is 0.159 e. The van der Waals surface area contributed by atoms with Crippen LogP contribution in [0.15, 0.2) is 5.38 Å². The van der Waals surface area contributed by atoms with Crippen molar-refractivity contribution in [3.05, 3.63) is 21.6 Å². The molecule has 4 rings (SSSR count). The Morgan fingerprint density at radius 2 is 2.11 bits per heavy atom. The monoisotopic (exact) mass is 259 g/mol. The lowest BCUT2D eigenvalue weighted by Gasteiger charge is -2.12. The van der Waals surface area contributed by atoms with Crippen molar-refractivity contribution in [2.24, 2.45) is 7.05 Å². The summed E-state index contributed by atoms with van der Waals surface area (Å²) in [7, 11) is 2.03. The predicted molar refractivity (Wildman–Crippen MR) is 72.9 cm³/mol. The first-order valence-electron chi connectivity index (χ1n) is 6.83. The maximum absolute atomic E-state index is 4.78. The fourth-order valence-electron chi connectivity index (χ4n) is 2.83. The van der Waals surface area contributed by atoms with E-state index in [0.717, 1.165) is 11.6 Å². The minimum atomic E-state index is 0.638. The SMILES string of the molecule is Cn1nc(C2CC2)nc1-c1csc2c1CCCC2. The van der Waals surface area contributed by atoms with E-state index in [2.05, 4.69) is 10.5 Å². The van der Waals surface area contributed by atoms with Gasteiger partial charge >= 0.3 is 0 Å². The lowest BCUT2D eigenvalue weighted by Crippen LogP contribution is -2.01. The van der Waals surface area contributed by atoms with Gasteiger partial charge in [0.1, 0.15) is 0 Å². The summed E-state index contributed by atoms with van der Waals surface area (Å²) < 4.78 is 1.98. The molecule has 0 unspecified atom stereocenters. The van der Waals surface area contributed by atoms with Crippen LogP contribution < -0.4 is 0 Å². The second-order valence-electron chi connectivity index (χ2n) is 5.45. The largest absolute Gasteiger partial charge is 0.249 e. The molecule has 0 amide bonds. The van der Waals surface area contributed by atoms with E-state index >= 15 is 0 Å². The molecule has 2 aliphatic carbocycles. The van der Waals surface area contributed by atoms with E-state index in [-0.39, 0.29) is 0 Å². The van der Waals surface area contributed by atoms with E-state index in [1.54, 1.807) is 10.4 Å². The van der Waals surface area contributed by atoms with Gasteiger partial charge < -0.3 is 0 Å². The fraction of sp³-hybridized carbons (Fsp3) is 0.571. The van der Waals surface area contributed by atoms with Crippen LogP contribution in [-0.2, 0) is 19.9 Å². The summed E-state index contributed by atoms with van der Waals surface area (Å²) in [6.07, 6.45) is 7.69. The topological polar surface area (TPSA) is 30.7 Å². The Labute approximate surface area is 111 Å². The van der Waals surface area contributed by atoms with Gasteiger partial charge in [0.25, 0.3) is 0 Å². The molecule has 0 aromatic carbocycles. The first-order chi connectivity index (χ1) is 8.83.